The molecule has 2 aromatic carbocycles. The van der Waals surface area contributed by atoms with E-state index in [0.717, 1.165) is 16.6 Å². The molecule has 90 valence electrons. The van der Waals surface area contributed by atoms with Crippen molar-refractivity contribution in [1.29, 1.82) is 0 Å². The zero-order valence-electron chi connectivity index (χ0n) is 10.3. The molecule has 3 aromatic rings. The van der Waals surface area contributed by atoms with E-state index in [4.69, 9.17) is 4.42 Å². The predicted octanol–water partition coefficient (Wildman–Crippen LogP) is 3.40. The molecule has 0 aliphatic heterocycles. The zero-order valence-corrected chi connectivity index (χ0v) is 10.3. The Hall–Kier alpha value is -2.29. The minimum Gasteiger partial charge on any atom is -0.408 e. The van der Waals surface area contributed by atoms with Gasteiger partial charge in [-0.2, -0.15) is 0 Å². The van der Waals surface area contributed by atoms with Gasteiger partial charge in [-0.1, -0.05) is 24.3 Å². The molecule has 0 saturated heterocycles. The van der Waals surface area contributed by atoms with Crippen molar-refractivity contribution in [3.63, 3.8) is 0 Å². The molecule has 0 amide bonds. The molecule has 0 bridgehead atoms. The number of hydrogen-bond acceptors (Lipinski definition) is 2. The van der Waals surface area contributed by atoms with Crippen molar-refractivity contribution in [3.05, 3.63) is 58.1 Å². The summed E-state index contributed by atoms with van der Waals surface area (Å²) in [5.41, 5.74) is 6.07. The van der Waals surface area contributed by atoms with E-state index >= 15 is 0 Å². The standard InChI is InChI=1S/C15H13NO2/c1-9-3-4-11(7-10(9)2)12-5-6-14-13(8-12)16-15(17)18-14/h3-8H,1-2H3,(H,16,17). The Morgan fingerprint density at radius 3 is 2.44 bits per heavy atom. The monoisotopic (exact) mass is 239 g/mol. The Bertz CT molecular complexity index is 781. The van der Waals surface area contributed by atoms with Crippen LogP contribution >= 0.6 is 0 Å². The van der Waals surface area contributed by atoms with E-state index in [9.17, 15) is 4.79 Å². The van der Waals surface area contributed by atoms with Gasteiger partial charge in [0.15, 0.2) is 5.58 Å². The number of rotatable bonds is 1. The third-order valence-electron chi connectivity index (χ3n) is 3.26. The predicted molar refractivity (Wildman–Crippen MR) is 71.7 cm³/mol. The third kappa shape index (κ3) is 1.74. The fourth-order valence-electron chi connectivity index (χ4n) is 2.05. The van der Waals surface area contributed by atoms with Crippen LogP contribution < -0.4 is 5.76 Å². The molecule has 0 fully saturated rings. The first-order valence-electron chi connectivity index (χ1n) is 5.84. The first-order chi connectivity index (χ1) is 8.63. The summed E-state index contributed by atoms with van der Waals surface area (Å²) in [5, 5.41) is 0. The van der Waals surface area contributed by atoms with E-state index in [1.165, 1.54) is 11.1 Å². The molecule has 1 aromatic heterocycles. The summed E-state index contributed by atoms with van der Waals surface area (Å²) in [6, 6.07) is 12.1. The summed E-state index contributed by atoms with van der Waals surface area (Å²) in [4.78, 5) is 13.8. The number of benzene rings is 2. The van der Waals surface area contributed by atoms with Gasteiger partial charge in [0.25, 0.3) is 0 Å². The van der Waals surface area contributed by atoms with E-state index in [1.54, 1.807) is 0 Å². The van der Waals surface area contributed by atoms with Gasteiger partial charge in [0.1, 0.15) is 0 Å². The third-order valence-corrected chi connectivity index (χ3v) is 3.26. The first-order valence-corrected chi connectivity index (χ1v) is 5.84. The van der Waals surface area contributed by atoms with Crippen LogP contribution in [0.3, 0.4) is 0 Å². The highest BCUT2D eigenvalue weighted by molar-refractivity contribution is 5.80. The van der Waals surface area contributed by atoms with Crippen LogP contribution in [-0.4, -0.2) is 4.98 Å². The summed E-state index contributed by atoms with van der Waals surface area (Å²) in [7, 11) is 0. The van der Waals surface area contributed by atoms with Gasteiger partial charge in [0.05, 0.1) is 5.52 Å². The van der Waals surface area contributed by atoms with Crippen LogP contribution in [0.1, 0.15) is 11.1 Å². The first kappa shape index (κ1) is 10.8. The van der Waals surface area contributed by atoms with Gasteiger partial charge in [-0.3, -0.25) is 4.98 Å². The minimum atomic E-state index is -0.415. The molecule has 18 heavy (non-hydrogen) atoms. The quantitative estimate of drug-likeness (QED) is 0.707. The maximum Gasteiger partial charge on any atom is 0.417 e. The van der Waals surface area contributed by atoms with Crippen LogP contribution in [0, 0.1) is 13.8 Å². The van der Waals surface area contributed by atoms with Crippen molar-refractivity contribution < 1.29 is 4.42 Å². The highest BCUT2D eigenvalue weighted by Gasteiger charge is 2.04. The van der Waals surface area contributed by atoms with E-state index in [-0.39, 0.29) is 0 Å². The van der Waals surface area contributed by atoms with Gasteiger partial charge in [0, 0.05) is 0 Å². The fourth-order valence-corrected chi connectivity index (χ4v) is 2.05. The molecule has 0 radical (unpaired) electrons. The largest absolute Gasteiger partial charge is 0.417 e. The average molecular weight is 239 g/mol. The van der Waals surface area contributed by atoms with Crippen LogP contribution in [0.5, 0.6) is 0 Å². The van der Waals surface area contributed by atoms with Crippen LogP contribution in [-0.2, 0) is 0 Å². The van der Waals surface area contributed by atoms with Gasteiger partial charge < -0.3 is 4.42 Å². The molecule has 3 nitrogen and oxygen atoms in total. The van der Waals surface area contributed by atoms with E-state index < -0.39 is 5.76 Å². The maximum absolute atomic E-state index is 11.1. The maximum atomic E-state index is 11.1. The van der Waals surface area contributed by atoms with Crippen molar-refractivity contribution in [1.82, 2.24) is 4.98 Å². The number of aromatic nitrogens is 1. The number of fused-ring (bicyclic) bond motifs is 1. The number of aryl methyl sites for hydroxylation is 2. The van der Waals surface area contributed by atoms with Crippen LogP contribution in [0.15, 0.2) is 45.6 Å². The lowest BCUT2D eigenvalue weighted by atomic mass is 10.0. The Balaban J connectivity index is 2.18. The fraction of sp³-hybridized carbons (Fsp3) is 0.133. The van der Waals surface area contributed by atoms with E-state index in [0.29, 0.717) is 5.58 Å². The summed E-state index contributed by atoms with van der Waals surface area (Å²) in [5.74, 6) is -0.415. The number of aromatic amines is 1. The zero-order chi connectivity index (χ0) is 12.7. The number of nitrogens with one attached hydrogen (secondary N) is 1. The second-order valence-corrected chi connectivity index (χ2v) is 4.52. The lowest BCUT2D eigenvalue weighted by Crippen LogP contribution is -1.92. The van der Waals surface area contributed by atoms with Gasteiger partial charge in [0.2, 0.25) is 0 Å². The highest BCUT2D eigenvalue weighted by Crippen LogP contribution is 2.24. The summed E-state index contributed by atoms with van der Waals surface area (Å²) in [6.45, 7) is 4.19. The molecule has 3 rings (SSSR count). The van der Waals surface area contributed by atoms with Gasteiger partial charge in [-0.05, 0) is 48.2 Å². The summed E-state index contributed by atoms with van der Waals surface area (Å²) >= 11 is 0. The highest BCUT2D eigenvalue weighted by atomic mass is 16.4. The molecule has 0 spiro atoms. The van der Waals surface area contributed by atoms with Crippen molar-refractivity contribution in [3.8, 4) is 11.1 Å². The van der Waals surface area contributed by atoms with Gasteiger partial charge >= 0.3 is 5.76 Å². The van der Waals surface area contributed by atoms with Crippen LogP contribution in [0.2, 0.25) is 0 Å². The van der Waals surface area contributed by atoms with Crippen molar-refractivity contribution in [2.45, 2.75) is 13.8 Å². The molecule has 0 atom stereocenters. The number of hydrogen-bond donors (Lipinski definition) is 1. The molecule has 1 heterocycles. The lowest BCUT2D eigenvalue weighted by Gasteiger charge is -2.05. The number of oxazole rings is 1. The molecule has 0 unspecified atom stereocenters. The topological polar surface area (TPSA) is 46.0 Å². The average Bonchev–Trinajstić information content (AvgIpc) is 2.71. The summed E-state index contributed by atoms with van der Waals surface area (Å²) in [6.07, 6.45) is 0. The van der Waals surface area contributed by atoms with Gasteiger partial charge in [-0.15, -0.1) is 0 Å². The van der Waals surface area contributed by atoms with Crippen molar-refractivity contribution in [2.24, 2.45) is 0 Å². The van der Waals surface area contributed by atoms with Crippen LogP contribution in [0.25, 0.3) is 22.2 Å². The Morgan fingerprint density at radius 2 is 1.67 bits per heavy atom. The minimum absolute atomic E-state index is 0.415. The van der Waals surface area contributed by atoms with Crippen LogP contribution in [0.4, 0.5) is 0 Å². The molecule has 0 aliphatic rings. The molecule has 0 aliphatic carbocycles. The lowest BCUT2D eigenvalue weighted by molar-refractivity contribution is 0.555. The van der Waals surface area contributed by atoms with E-state index in [1.807, 2.05) is 18.2 Å². The second-order valence-electron chi connectivity index (χ2n) is 4.52. The molecule has 1 N–H and O–H groups in total. The smallest absolute Gasteiger partial charge is 0.408 e. The van der Waals surface area contributed by atoms with Crippen molar-refractivity contribution in [2.75, 3.05) is 0 Å². The van der Waals surface area contributed by atoms with Crippen molar-refractivity contribution >= 4 is 11.1 Å². The van der Waals surface area contributed by atoms with Gasteiger partial charge in [-0.25, -0.2) is 4.79 Å². The SMILES string of the molecule is Cc1ccc(-c2ccc3oc(=O)[nH]c3c2)cc1C. The summed E-state index contributed by atoms with van der Waals surface area (Å²) < 4.78 is 4.99. The molecule has 3 heteroatoms. The Morgan fingerprint density at radius 1 is 0.944 bits per heavy atom. The van der Waals surface area contributed by atoms with E-state index in [2.05, 4.69) is 37.0 Å². The number of H-pyrrole nitrogens is 1. The molecule has 0 saturated carbocycles. The molecular formula is C15H13NO2. The normalized spacial score (nSPS) is 11.0. The second kappa shape index (κ2) is 3.88. The molecular weight excluding hydrogens is 226 g/mol. The Kier molecular flexibility index (Phi) is 2.33. The Labute approximate surface area is 104 Å².